The van der Waals surface area contributed by atoms with Gasteiger partial charge in [0.1, 0.15) is 12.1 Å². The molecule has 3 aromatic rings. The highest BCUT2D eigenvalue weighted by molar-refractivity contribution is 5.98. The molecule has 0 fully saturated rings. The molecule has 1 aliphatic heterocycles. The van der Waals surface area contributed by atoms with Gasteiger partial charge in [-0.25, -0.2) is 4.98 Å². The van der Waals surface area contributed by atoms with Crippen LogP contribution in [0, 0.1) is 0 Å². The summed E-state index contributed by atoms with van der Waals surface area (Å²) in [5.74, 6) is -0.825. The molecule has 10 nitrogen and oxygen atoms in total. The van der Waals surface area contributed by atoms with E-state index in [9.17, 15) is 14.4 Å². The summed E-state index contributed by atoms with van der Waals surface area (Å²) in [6, 6.07) is 17.3. The normalized spacial score (nSPS) is 14.1. The second kappa shape index (κ2) is 16.1. The fraction of sp³-hybridized carbons (Fsp3) is 0.333. The summed E-state index contributed by atoms with van der Waals surface area (Å²) < 4.78 is 7.45. The van der Waals surface area contributed by atoms with Crippen molar-refractivity contribution in [1.29, 1.82) is 0 Å². The van der Waals surface area contributed by atoms with Crippen LogP contribution in [0.4, 0.5) is 5.82 Å². The molecule has 3 amide bonds. The molecule has 0 saturated carbocycles. The summed E-state index contributed by atoms with van der Waals surface area (Å²) in [6.07, 6.45) is 7.99. The summed E-state index contributed by atoms with van der Waals surface area (Å²) >= 11 is 0. The van der Waals surface area contributed by atoms with Gasteiger partial charge in [0, 0.05) is 19.3 Å². The first-order valence-corrected chi connectivity index (χ1v) is 13.3. The maximum Gasteiger partial charge on any atom is 0.250 e. The second-order valence-corrected chi connectivity index (χ2v) is 10.3. The number of carbonyl (C=O) groups is 3. The van der Waals surface area contributed by atoms with Crippen molar-refractivity contribution in [1.82, 2.24) is 19.8 Å². The van der Waals surface area contributed by atoms with Crippen LogP contribution in [0.2, 0.25) is 0 Å². The van der Waals surface area contributed by atoms with Gasteiger partial charge in [-0.2, -0.15) is 0 Å². The fourth-order valence-electron chi connectivity index (χ4n) is 4.24. The highest BCUT2D eigenvalue weighted by atomic mass is 35.5. The minimum atomic E-state index is -1.19. The molecule has 0 spiro atoms. The lowest BCUT2D eigenvalue weighted by atomic mass is 10.0. The Balaban J connectivity index is 0.00000308. The lowest BCUT2D eigenvalue weighted by molar-refractivity contribution is -0.133. The zero-order valence-electron chi connectivity index (χ0n) is 23.6. The van der Waals surface area contributed by atoms with E-state index < -0.39 is 29.4 Å². The third-order valence-electron chi connectivity index (χ3n) is 6.47. The molecule has 12 heteroatoms. The number of ether oxygens (including phenoxy) is 1. The molecule has 1 aliphatic rings. The molecule has 1 unspecified atom stereocenters. The average Bonchev–Trinajstić information content (AvgIpc) is 3.41. The number of aromatic nitrogens is 2. The first kappa shape index (κ1) is 34.5. The molecular formula is C30H38Cl2N6O4. The molecule has 2 atom stereocenters. The minimum Gasteiger partial charge on any atom is -0.374 e. The number of rotatable bonds is 11. The number of hydrogen-bond acceptors (Lipinski definition) is 6. The zero-order valence-corrected chi connectivity index (χ0v) is 25.3. The van der Waals surface area contributed by atoms with Gasteiger partial charge in [-0.1, -0.05) is 72.8 Å². The van der Waals surface area contributed by atoms with Crippen molar-refractivity contribution in [2.45, 2.75) is 44.5 Å². The van der Waals surface area contributed by atoms with E-state index in [0.717, 1.165) is 17.5 Å². The number of halogens is 2. The highest BCUT2D eigenvalue weighted by Crippen LogP contribution is 2.23. The Kier molecular flexibility index (Phi) is 13.2. The quantitative estimate of drug-likeness (QED) is 0.283. The zero-order chi connectivity index (χ0) is 28.5. The fourth-order valence-corrected chi connectivity index (χ4v) is 4.24. The van der Waals surface area contributed by atoms with Crippen LogP contribution in [0.25, 0.3) is 0 Å². The van der Waals surface area contributed by atoms with E-state index >= 15 is 0 Å². The van der Waals surface area contributed by atoms with Crippen LogP contribution in [-0.2, 0) is 25.7 Å². The number of nitrogens with two attached hydrogens (primary N) is 1. The molecule has 2 aromatic carbocycles. The topological polar surface area (TPSA) is 132 Å². The predicted octanol–water partition coefficient (Wildman–Crippen LogP) is 3.48. The number of benzene rings is 2. The van der Waals surface area contributed by atoms with Crippen molar-refractivity contribution in [3.8, 4) is 0 Å². The monoisotopic (exact) mass is 616 g/mol. The Morgan fingerprint density at radius 1 is 1.02 bits per heavy atom. The Labute approximate surface area is 258 Å². The van der Waals surface area contributed by atoms with Gasteiger partial charge in [0.05, 0.1) is 25.1 Å². The van der Waals surface area contributed by atoms with Crippen LogP contribution in [0.3, 0.4) is 0 Å². The van der Waals surface area contributed by atoms with Gasteiger partial charge in [-0.3, -0.25) is 14.4 Å². The number of carbonyl (C=O) groups excluding carboxylic acids is 3. The molecule has 2 heterocycles. The molecule has 0 bridgehead atoms. The number of hydrogen-bond donors (Lipinski definition) is 3. The Morgan fingerprint density at radius 2 is 1.69 bits per heavy atom. The summed E-state index contributed by atoms with van der Waals surface area (Å²) in [7, 11) is 0. The molecule has 42 heavy (non-hydrogen) atoms. The Bertz CT molecular complexity index is 1330. The van der Waals surface area contributed by atoms with E-state index in [1.54, 1.807) is 29.5 Å². The molecule has 0 saturated heterocycles. The van der Waals surface area contributed by atoms with Crippen LogP contribution in [0.5, 0.6) is 0 Å². The highest BCUT2D eigenvalue weighted by Gasteiger charge is 2.30. The summed E-state index contributed by atoms with van der Waals surface area (Å²) in [6.45, 7) is 4.50. The smallest absolute Gasteiger partial charge is 0.250 e. The number of anilines is 1. The Morgan fingerprint density at radius 3 is 2.31 bits per heavy atom. The van der Waals surface area contributed by atoms with Gasteiger partial charge < -0.3 is 30.6 Å². The van der Waals surface area contributed by atoms with Crippen molar-refractivity contribution in [2.75, 3.05) is 25.0 Å². The van der Waals surface area contributed by atoms with Crippen LogP contribution >= 0.6 is 24.8 Å². The van der Waals surface area contributed by atoms with E-state index in [1.807, 2.05) is 66.7 Å². The SMILES string of the molecule is CC(C)(N)C(=O)N[C@H](COCc1ccccc1)C(=O)Nc1cn(C(C(=O)N2CC=CCC2)c2ccccc2)cn1.Cl.Cl. The molecule has 1 aromatic heterocycles. The lowest BCUT2D eigenvalue weighted by Crippen LogP contribution is -2.56. The Hall–Kier alpha value is -3.70. The lowest BCUT2D eigenvalue weighted by Gasteiger charge is -2.29. The minimum absolute atomic E-state index is 0. The molecule has 226 valence electrons. The largest absolute Gasteiger partial charge is 0.374 e. The van der Waals surface area contributed by atoms with Crippen molar-refractivity contribution < 1.29 is 19.1 Å². The van der Waals surface area contributed by atoms with Gasteiger partial charge in [-0.15, -0.1) is 24.8 Å². The van der Waals surface area contributed by atoms with E-state index in [-0.39, 0.29) is 49.8 Å². The number of nitrogens with one attached hydrogen (secondary N) is 2. The van der Waals surface area contributed by atoms with Crippen molar-refractivity contribution in [3.63, 3.8) is 0 Å². The third-order valence-corrected chi connectivity index (χ3v) is 6.47. The molecular weight excluding hydrogens is 579 g/mol. The van der Waals surface area contributed by atoms with Crippen LogP contribution < -0.4 is 16.4 Å². The van der Waals surface area contributed by atoms with E-state index in [0.29, 0.717) is 13.1 Å². The summed E-state index contributed by atoms with van der Waals surface area (Å²) in [5.41, 5.74) is 6.50. The molecule has 4 N–H and O–H groups in total. The predicted molar refractivity (Wildman–Crippen MR) is 167 cm³/mol. The number of nitrogens with zero attached hydrogens (tertiary/aromatic N) is 3. The van der Waals surface area contributed by atoms with Crippen LogP contribution in [0.1, 0.15) is 37.4 Å². The van der Waals surface area contributed by atoms with Gasteiger partial charge >= 0.3 is 0 Å². The van der Waals surface area contributed by atoms with Gasteiger partial charge in [-0.05, 0) is 31.4 Å². The summed E-state index contributed by atoms with van der Waals surface area (Å²) in [4.78, 5) is 45.6. The first-order valence-electron chi connectivity index (χ1n) is 13.3. The van der Waals surface area contributed by atoms with Crippen LogP contribution in [0.15, 0.2) is 85.3 Å². The van der Waals surface area contributed by atoms with Crippen molar-refractivity contribution in [3.05, 3.63) is 96.5 Å². The second-order valence-electron chi connectivity index (χ2n) is 10.3. The number of imidazole rings is 1. The van der Waals surface area contributed by atoms with Gasteiger partial charge in [0.25, 0.3) is 11.8 Å². The molecule has 0 radical (unpaired) electrons. The maximum absolute atomic E-state index is 13.6. The van der Waals surface area contributed by atoms with E-state index in [4.69, 9.17) is 10.5 Å². The molecule has 0 aliphatic carbocycles. The third kappa shape index (κ3) is 9.42. The van der Waals surface area contributed by atoms with Gasteiger partial charge in [0.2, 0.25) is 5.91 Å². The average molecular weight is 618 g/mol. The van der Waals surface area contributed by atoms with E-state index in [1.165, 1.54) is 6.33 Å². The standard InChI is InChI=1S/C30H36N6O4.2ClH/c1-30(2,31)29(39)33-24(20-40-19-22-12-6-3-7-13-22)27(37)34-25-18-36(21-32-25)26(23-14-8-4-9-15-23)28(38)35-16-10-5-11-17-35;;/h3-10,12-15,18,21,24,26H,11,16-17,19-20,31H2,1-2H3,(H,33,39)(H,34,37);2*1H/t24-,26?;;/m1../s1. The van der Waals surface area contributed by atoms with Crippen molar-refractivity contribution in [2.24, 2.45) is 5.73 Å². The summed E-state index contributed by atoms with van der Waals surface area (Å²) in [5, 5.41) is 5.43. The maximum atomic E-state index is 13.6. The number of amides is 3. The first-order chi connectivity index (χ1) is 19.2. The molecule has 4 rings (SSSR count). The van der Waals surface area contributed by atoms with Gasteiger partial charge in [0.15, 0.2) is 5.82 Å². The van der Waals surface area contributed by atoms with E-state index in [2.05, 4.69) is 21.7 Å². The van der Waals surface area contributed by atoms with Crippen molar-refractivity contribution >= 4 is 48.4 Å². The van der Waals surface area contributed by atoms with Crippen LogP contribution in [-0.4, -0.2) is 63.4 Å².